The minimum Gasteiger partial charge on any atom is -0.496 e. The van der Waals surface area contributed by atoms with Gasteiger partial charge in [-0.3, -0.25) is 4.99 Å². The number of para-hydroxylation sites is 1. The van der Waals surface area contributed by atoms with Gasteiger partial charge in [0.25, 0.3) is 0 Å². The normalized spacial score (nSPS) is 10.8. The van der Waals surface area contributed by atoms with E-state index >= 15 is 0 Å². The zero-order valence-corrected chi connectivity index (χ0v) is 12.1. The van der Waals surface area contributed by atoms with Crippen LogP contribution in [0.3, 0.4) is 0 Å². The minimum absolute atomic E-state index is 0.640. The number of hydrogen-bond donors (Lipinski definition) is 0. The number of rotatable bonds is 3. The lowest BCUT2D eigenvalue weighted by Gasteiger charge is -2.03. The molecule has 0 spiro atoms. The highest BCUT2D eigenvalue weighted by atomic mass is 79.9. The maximum Gasteiger partial charge on any atom is 0.133 e. The van der Waals surface area contributed by atoms with Crippen LogP contribution < -0.4 is 4.74 Å². The third-order valence-electron chi connectivity index (χ3n) is 2.38. The Kier molecular flexibility index (Phi) is 4.39. The lowest BCUT2D eigenvalue weighted by atomic mass is 10.2. The molecule has 2 rings (SSSR count). The molecule has 0 bridgehead atoms. The molecule has 0 saturated carbocycles. The van der Waals surface area contributed by atoms with Crippen LogP contribution >= 0.6 is 27.5 Å². The van der Waals surface area contributed by atoms with Crippen molar-refractivity contribution in [3.63, 3.8) is 0 Å². The number of benzene rings is 2. The van der Waals surface area contributed by atoms with Crippen molar-refractivity contribution >= 4 is 39.4 Å². The number of halogens is 2. The quantitative estimate of drug-likeness (QED) is 0.739. The van der Waals surface area contributed by atoms with Crippen molar-refractivity contribution in [1.82, 2.24) is 0 Å². The highest BCUT2D eigenvalue weighted by Gasteiger charge is 2.00. The summed E-state index contributed by atoms with van der Waals surface area (Å²) < 4.78 is 6.07. The standard InChI is InChI=1S/C14H11BrClNO/c1-18-14-7-6-10(8-11(14)15)9-17-13-5-3-2-4-12(13)16/h2-9H,1H3. The average molecular weight is 325 g/mol. The number of aliphatic imine (C=N–C) groups is 1. The fourth-order valence-electron chi connectivity index (χ4n) is 1.46. The highest BCUT2D eigenvalue weighted by Crippen LogP contribution is 2.26. The van der Waals surface area contributed by atoms with Gasteiger partial charge >= 0.3 is 0 Å². The van der Waals surface area contributed by atoms with Crippen LogP contribution in [0, 0.1) is 0 Å². The van der Waals surface area contributed by atoms with E-state index in [1.807, 2.05) is 42.5 Å². The second-order valence-corrected chi connectivity index (χ2v) is 4.87. The lowest BCUT2D eigenvalue weighted by Crippen LogP contribution is -1.86. The van der Waals surface area contributed by atoms with Gasteiger partial charge in [0.1, 0.15) is 5.75 Å². The van der Waals surface area contributed by atoms with Gasteiger partial charge in [-0.2, -0.15) is 0 Å². The van der Waals surface area contributed by atoms with Crippen molar-refractivity contribution in [3.8, 4) is 5.75 Å². The van der Waals surface area contributed by atoms with Crippen molar-refractivity contribution in [3.05, 3.63) is 57.5 Å². The van der Waals surface area contributed by atoms with Crippen molar-refractivity contribution in [1.29, 1.82) is 0 Å². The van der Waals surface area contributed by atoms with Gasteiger partial charge in [0.2, 0.25) is 0 Å². The monoisotopic (exact) mass is 323 g/mol. The fraction of sp³-hybridized carbons (Fsp3) is 0.0714. The summed E-state index contributed by atoms with van der Waals surface area (Å²) in [6.45, 7) is 0. The molecule has 0 saturated heterocycles. The Morgan fingerprint density at radius 2 is 2.00 bits per heavy atom. The summed E-state index contributed by atoms with van der Waals surface area (Å²) >= 11 is 9.46. The molecule has 0 amide bonds. The van der Waals surface area contributed by atoms with Gasteiger partial charge in [0.05, 0.1) is 22.3 Å². The third kappa shape index (κ3) is 3.12. The summed E-state index contributed by atoms with van der Waals surface area (Å²) in [5.74, 6) is 0.796. The summed E-state index contributed by atoms with van der Waals surface area (Å²) in [5, 5.41) is 0.640. The summed E-state index contributed by atoms with van der Waals surface area (Å²) in [4.78, 5) is 4.35. The van der Waals surface area contributed by atoms with Crippen LogP contribution in [0.1, 0.15) is 5.56 Å². The topological polar surface area (TPSA) is 21.6 Å². The Labute approximate surface area is 119 Å². The van der Waals surface area contributed by atoms with E-state index < -0.39 is 0 Å². The van der Waals surface area contributed by atoms with Crippen LogP contribution in [-0.2, 0) is 0 Å². The molecular weight excluding hydrogens is 314 g/mol. The molecule has 0 N–H and O–H groups in total. The molecule has 0 aliphatic heterocycles. The van der Waals surface area contributed by atoms with Crippen LogP contribution in [0.4, 0.5) is 5.69 Å². The Morgan fingerprint density at radius 1 is 1.22 bits per heavy atom. The second kappa shape index (κ2) is 6.03. The van der Waals surface area contributed by atoms with Gasteiger partial charge in [-0.15, -0.1) is 0 Å². The first-order valence-corrected chi connectivity index (χ1v) is 6.50. The molecule has 2 aromatic rings. The molecule has 0 aromatic heterocycles. The van der Waals surface area contributed by atoms with Crippen LogP contribution in [0.15, 0.2) is 51.9 Å². The molecule has 0 atom stereocenters. The van der Waals surface area contributed by atoms with E-state index in [2.05, 4.69) is 20.9 Å². The Hall–Kier alpha value is -1.32. The molecule has 92 valence electrons. The van der Waals surface area contributed by atoms with E-state index in [-0.39, 0.29) is 0 Å². The molecule has 2 aromatic carbocycles. The van der Waals surface area contributed by atoms with Crippen LogP contribution in [-0.4, -0.2) is 13.3 Å². The van der Waals surface area contributed by atoms with Crippen molar-refractivity contribution in [2.75, 3.05) is 7.11 Å². The summed E-state index contributed by atoms with van der Waals surface area (Å²) in [6.07, 6.45) is 1.77. The summed E-state index contributed by atoms with van der Waals surface area (Å²) in [6, 6.07) is 13.2. The van der Waals surface area contributed by atoms with Gasteiger partial charge in [-0.05, 0) is 51.8 Å². The molecule has 0 unspecified atom stereocenters. The van der Waals surface area contributed by atoms with E-state index in [1.54, 1.807) is 13.3 Å². The molecule has 0 aliphatic rings. The second-order valence-electron chi connectivity index (χ2n) is 3.60. The Bertz CT molecular complexity index is 584. The Morgan fingerprint density at radius 3 is 2.67 bits per heavy atom. The van der Waals surface area contributed by atoms with E-state index in [4.69, 9.17) is 16.3 Å². The minimum atomic E-state index is 0.640. The lowest BCUT2D eigenvalue weighted by molar-refractivity contribution is 0.412. The average Bonchev–Trinajstić information content (AvgIpc) is 2.38. The number of methoxy groups -OCH3 is 1. The molecule has 0 fully saturated rings. The number of nitrogens with zero attached hydrogens (tertiary/aromatic N) is 1. The smallest absolute Gasteiger partial charge is 0.133 e. The molecule has 0 radical (unpaired) electrons. The van der Waals surface area contributed by atoms with Gasteiger partial charge < -0.3 is 4.74 Å². The summed E-state index contributed by atoms with van der Waals surface area (Å²) in [5.41, 5.74) is 1.73. The van der Waals surface area contributed by atoms with Gasteiger partial charge in [-0.25, -0.2) is 0 Å². The zero-order chi connectivity index (χ0) is 13.0. The van der Waals surface area contributed by atoms with Gasteiger partial charge in [0.15, 0.2) is 0 Å². The van der Waals surface area contributed by atoms with Gasteiger partial charge in [0, 0.05) is 6.21 Å². The van der Waals surface area contributed by atoms with Crippen LogP contribution in [0.25, 0.3) is 0 Å². The molecule has 0 aliphatic carbocycles. The first-order chi connectivity index (χ1) is 8.70. The van der Waals surface area contributed by atoms with E-state index in [1.165, 1.54) is 0 Å². The van der Waals surface area contributed by atoms with Crippen molar-refractivity contribution in [2.24, 2.45) is 4.99 Å². The maximum atomic E-state index is 6.03. The highest BCUT2D eigenvalue weighted by molar-refractivity contribution is 9.10. The predicted octanol–water partition coefficient (Wildman–Crippen LogP) is 4.86. The van der Waals surface area contributed by atoms with Crippen molar-refractivity contribution in [2.45, 2.75) is 0 Å². The van der Waals surface area contributed by atoms with Crippen molar-refractivity contribution < 1.29 is 4.74 Å². The maximum absolute atomic E-state index is 6.03. The zero-order valence-electron chi connectivity index (χ0n) is 9.73. The van der Waals surface area contributed by atoms with Gasteiger partial charge in [-0.1, -0.05) is 23.7 Å². The summed E-state index contributed by atoms with van der Waals surface area (Å²) in [7, 11) is 1.64. The van der Waals surface area contributed by atoms with E-state index in [9.17, 15) is 0 Å². The molecule has 0 heterocycles. The predicted molar refractivity (Wildman–Crippen MR) is 79.4 cm³/mol. The molecule has 2 nitrogen and oxygen atoms in total. The molecular formula is C14H11BrClNO. The first-order valence-electron chi connectivity index (χ1n) is 5.33. The largest absolute Gasteiger partial charge is 0.496 e. The molecule has 18 heavy (non-hydrogen) atoms. The molecule has 4 heteroatoms. The Balaban J connectivity index is 2.24. The fourth-order valence-corrected chi connectivity index (χ4v) is 2.21. The van der Waals surface area contributed by atoms with E-state index in [0.717, 1.165) is 21.5 Å². The number of ether oxygens (including phenoxy) is 1. The van der Waals surface area contributed by atoms with E-state index in [0.29, 0.717) is 5.02 Å². The number of hydrogen-bond acceptors (Lipinski definition) is 2. The first kappa shape index (κ1) is 13.1. The SMILES string of the molecule is COc1ccc(C=Nc2ccccc2Cl)cc1Br. The van der Waals surface area contributed by atoms with Crippen LogP contribution in [0.2, 0.25) is 5.02 Å². The van der Waals surface area contributed by atoms with Crippen LogP contribution in [0.5, 0.6) is 5.75 Å². The third-order valence-corrected chi connectivity index (χ3v) is 3.32.